The van der Waals surface area contributed by atoms with Gasteiger partial charge in [0.25, 0.3) is 5.91 Å². The second kappa shape index (κ2) is 15.1. The summed E-state index contributed by atoms with van der Waals surface area (Å²) in [5, 5.41) is 13.1. The van der Waals surface area contributed by atoms with Gasteiger partial charge in [0.15, 0.2) is 11.6 Å². The number of ether oxygens (including phenoxy) is 2. The molecule has 4 aromatic carbocycles. The molecule has 0 aromatic heterocycles. The number of carbonyl (C=O) groups excluding carboxylic acids is 1. The molecule has 1 heterocycles. The van der Waals surface area contributed by atoms with Crippen LogP contribution in [0.25, 0.3) is 0 Å². The highest BCUT2D eigenvalue weighted by Gasteiger charge is 2.54. The van der Waals surface area contributed by atoms with Crippen LogP contribution in [0, 0.1) is 0 Å². The SMILES string of the molecule is O=C(NCCCc1ccccc1)[C@]1(Cc2ccccc2Br)N=C(c2ccc(OCCCO)cc2)O[C@@H]1c1ccc(Cl)cc1Cl. The Bertz CT molecular complexity index is 1600. The Morgan fingerprint density at radius 3 is 2.45 bits per heavy atom. The average Bonchev–Trinajstić information content (AvgIpc) is 3.41. The number of carbonyl (C=O) groups is 1. The molecule has 9 heteroatoms. The quantitative estimate of drug-likeness (QED) is 0.140. The zero-order valence-electron chi connectivity index (χ0n) is 24.0. The highest BCUT2D eigenvalue weighted by atomic mass is 79.9. The number of aryl methyl sites for hydroxylation is 1. The van der Waals surface area contributed by atoms with Crippen LogP contribution in [0.4, 0.5) is 0 Å². The highest BCUT2D eigenvalue weighted by Crippen LogP contribution is 2.45. The normalized spacial score (nSPS) is 17.5. The summed E-state index contributed by atoms with van der Waals surface area (Å²) >= 11 is 16.7. The molecule has 1 aliphatic heterocycles. The lowest BCUT2D eigenvalue weighted by Crippen LogP contribution is -2.50. The molecule has 1 aliphatic rings. The molecule has 2 N–H and O–H groups in total. The Morgan fingerprint density at radius 1 is 0.977 bits per heavy atom. The zero-order chi connectivity index (χ0) is 30.9. The molecule has 0 saturated heterocycles. The summed E-state index contributed by atoms with van der Waals surface area (Å²) in [7, 11) is 0. The first-order valence-corrected chi connectivity index (χ1v) is 16.1. The highest BCUT2D eigenvalue weighted by molar-refractivity contribution is 9.10. The minimum absolute atomic E-state index is 0.0608. The van der Waals surface area contributed by atoms with Crippen molar-refractivity contribution in [3.8, 4) is 5.75 Å². The molecule has 5 rings (SSSR count). The van der Waals surface area contributed by atoms with E-state index < -0.39 is 11.6 Å². The third kappa shape index (κ3) is 7.64. The van der Waals surface area contributed by atoms with Gasteiger partial charge in [-0.2, -0.15) is 0 Å². The van der Waals surface area contributed by atoms with Crippen LogP contribution < -0.4 is 10.1 Å². The summed E-state index contributed by atoms with van der Waals surface area (Å²) in [6, 6.07) is 30.5. The number of aliphatic hydroxyl groups excluding tert-OH is 1. The fraction of sp³-hybridized carbons (Fsp3) is 0.257. The maximum Gasteiger partial charge on any atom is 0.252 e. The first kappa shape index (κ1) is 32.0. The van der Waals surface area contributed by atoms with Crippen molar-refractivity contribution in [1.29, 1.82) is 0 Å². The lowest BCUT2D eigenvalue weighted by Gasteiger charge is -2.31. The Kier molecular flexibility index (Phi) is 11.0. The van der Waals surface area contributed by atoms with Gasteiger partial charge in [-0.05, 0) is 66.4 Å². The van der Waals surface area contributed by atoms with Crippen LogP contribution >= 0.6 is 39.1 Å². The monoisotopic (exact) mass is 694 g/mol. The summed E-state index contributed by atoms with van der Waals surface area (Å²) in [6.07, 6.45) is 1.57. The fourth-order valence-corrected chi connectivity index (χ4v) is 6.13. The first-order valence-electron chi connectivity index (χ1n) is 14.5. The molecule has 0 saturated carbocycles. The van der Waals surface area contributed by atoms with Gasteiger partial charge in [0.1, 0.15) is 5.75 Å². The molecule has 0 fully saturated rings. The molecule has 0 radical (unpaired) electrons. The molecule has 0 unspecified atom stereocenters. The van der Waals surface area contributed by atoms with Crippen molar-refractivity contribution in [3.63, 3.8) is 0 Å². The lowest BCUT2D eigenvalue weighted by atomic mass is 9.82. The third-order valence-electron chi connectivity index (χ3n) is 7.46. The van der Waals surface area contributed by atoms with E-state index in [0.717, 1.165) is 22.9 Å². The van der Waals surface area contributed by atoms with Gasteiger partial charge in [0, 0.05) is 51.6 Å². The van der Waals surface area contributed by atoms with E-state index in [1.165, 1.54) is 5.56 Å². The Balaban J connectivity index is 1.51. The molecular weight excluding hydrogens is 663 g/mol. The van der Waals surface area contributed by atoms with Crippen molar-refractivity contribution < 1.29 is 19.4 Å². The van der Waals surface area contributed by atoms with E-state index in [0.29, 0.717) is 52.4 Å². The van der Waals surface area contributed by atoms with Gasteiger partial charge < -0.3 is 19.9 Å². The molecular formula is C35H33BrCl2N2O4. The van der Waals surface area contributed by atoms with Gasteiger partial charge in [-0.15, -0.1) is 0 Å². The zero-order valence-corrected chi connectivity index (χ0v) is 27.1. The molecule has 44 heavy (non-hydrogen) atoms. The summed E-state index contributed by atoms with van der Waals surface area (Å²) < 4.78 is 13.2. The van der Waals surface area contributed by atoms with Crippen molar-refractivity contribution in [3.05, 3.63) is 134 Å². The van der Waals surface area contributed by atoms with Gasteiger partial charge in [0.2, 0.25) is 5.90 Å². The minimum atomic E-state index is -1.38. The topological polar surface area (TPSA) is 80.2 Å². The van der Waals surface area contributed by atoms with Crippen LogP contribution in [0.2, 0.25) is 10.0 Å². The Morgan fingerprint density at radius 2 is 1.73 bits per heavy atom. The number of hydrogen-bond acceptors (Lipinski definition) is 5. The number of aliphatic imine (C=N–C) groups is 1. The van der Waals surface area contributed by atoms with Crippen molar-refractivity contribution in [1.82, 2.24) is 5.32 Å². The molecule has 228 valence electrons. The maximum absolute atomic E-state index is 14.4. The van der Waals surface area contributed by atoms with E-state index in [2.05, 4.69) is 33.4 Å². The predicted molar refractivity (Wildman–Crippen MR) is 179 cm³/mol. The number of aliphatic hydroxyl groups is 1. The van der Waals surface area contributed by atoms with E-state index in [4.69, 9.17) is 42.8 Å². The van der Waals surface area contributed by atoms with E-state index in [1.807, 2.05) is 66.7 Å². The van der Waals surface area contributed by atoms with Crippen LogP contribution in [0.5, 0.6) is 5.75 Å². The number of hydrogen-bond donors (Lipinski definition) is 2. The van der Waals surface area contributed by atoms with Crippen LogP contribution in [-0.2, 0) is 22.4 Å². The van der Waals surface area contributed by atoms with E-state index in [1.54, 1.807) is 18.2 Å². The second-order valence-electron chi connectivity index (χ2n) is 10.6. The summed E-state index contributed by atoms with van der Waals surface area (Å²) in [4.78, 5) is 19.5. The lowest BCUT2D eigenvalue weighted by molar-refractivity contribution is -0.128. The number of nitrogens with one attached hydrogen (secondary N) is 1. The molecule has 2 atom stereocenters. The van der Waals surface area contributed by atoms with Gasteiger partial charge in [-0.3, -0.25) is 4.79 Å². The molecule has 6 nitrogen and oxygen atoms in total. The third-order valence-corrected chi connectivity index (χ3v) is 8.80. The van der Waals surface area contributed by atoms with Crippen LogP contribution in [-0.4, -0.2) is 42.2 Å². The summed E-state index contributed by atoms with van der Waals surface area (Å²) in [6.45, 7) is 0.937. The van der Waals surface area contributed by atoms with Gasteiger partial charge in [-0.1, -0.05) is 93.7 Å². The smallest absolute Gasteiger partial charge is 0.252 e. The van der Waals surface area contributed by atoms with Crippen molar-refractivity contribution in [2.75, 3.05) is 19.8 Å². The molecule has 0 aliphatic carbocycles. The van der Waals surface area contributed by atoms with Crippen LogP contribution in [0.15, 0.2) is 107 Å². The van der Waals surface area contributed by atoms with Gasteiger partial charge in [-0.25, -0.2) is 4.99 Å². The van der Waals surface area contributed by atoms with Crippen molar-refractivity contribution >= 4 is 50.9 Å². The average molecular weight is 696 g/mol. The van der Waals surface area contributed by atoms with Gasteiger partial charge >= 0.3 is 0 Å². The molecule has 1 amide bonds. The standard InChI is InChI=1S/C35H33BrCl2N2O4/c36-30-12-5-4-11-26(30)23-35(34(42)39-19-6-10-24-8-2-1-3-9-24)32(29-18-15-27(37)22-31(29)38)44-33(40-35)25-13-16-28(17-14-25)43-21-7-20-41/h1-5,8-9,11-18,22,32,41H,6-7,10,19-21,23H2,(H,39,42)/t32-,35-/m1/s1. The van der Waals surface area contributed by atoms with E-state index in [-0.39, 0.29) is 18.9 Å². The predicted octanol–water partition coefficient (Wildman–Crippen LogP) is 7.77. The van der Waals surface area contributed by atoms with E-state index in [9.17, 15) is 4.79 Å². The molecule has 4 aromatic rings. The molecule has 0 spiro atoms. The summed E-state index contributed by atoms with van der Waals surface area (Å²) in [5.74, 6) is 0.736. The van der Waals surface area contributed by atoms with Crippen molar-refractivity contribution in [2.24, 2.45) is 4.99 Å². The Hall–Kier alpha value is -3.36. The van der Waals surface area contributed by atoms with Crippen LogP contribution in [0.3, 0.4) is 0 Å². The number of nitrogens with zero attached hydrogens (tertiary/aromatic N) is 1. The molecule has 0 bridgehead atoms. The fourth-order valence-electron chi connectivity index (χ4n) is 5.20. The van der Waals surface area contributed by atoms with Crippen molar-refractivity contribution in [2.45, 2.75) is 37.3 Å². The number of amides is 1. The maximum atomic E-state index is 14.4. The Labute approximate surface area is 276 Å². The second-order valence-corrected chi connectivity index (χ2v) is 12.3. The summed E-state index contributed by atoms with van der Waals surface area (Å²) in [5.41, 5.74) is 2.05. The van der Waals surface area contributed by atoms with E-state index >= 15 is 0 Å². The minimum Gasteiger partial charge on any atom is -0.494 e. The number of benzene rings is 4. The first-order chi connectivity index (χ1) is 21.4. The largest absolute Gasteiger partial charge is 0.494 e. The van der Waals surface area contributed by atoms with Gasteiger partial charge in [0.05, 0.1) is 6.61 Å². The number of halogens is 3. The number of rotatable bonds is 13. The van der Waals surface area contributed by atoms with Crippen LogP contribution in [0.1, 0.15) is 41.2 Å².